The van der Waals surface area contributed by atoms with Crippen LogP contribution in [0.2, 0.25) is 0 Å². The average molecular weight is 322 g/mol. The van der Waals surface area contributed by atoms with Crippen molar-refractivity contribution in [2.45, 2.75) is 77.9 Å². The Balaban J connectivity index is 2.25. The van der Waals surface area contributed by atoms with E-state index in [1.807, 2.05) is 0 Å². The lowest BCUT2D eigenvalue weighted by Crippen LogP contribution is -2.10. The molecular formula is C20H34O3. The zero-order valence-electron chi connectivity index (χ0n) is 15.3. The maximum absolute atomic E-state index is 9.20. The summed E-state index contributed by atoms with van der Waals surface area (Å²) in [4.78, 5) is 0. The van der Waals surface area contributed by atoms with E-state index in [1.54, 1.807) is 6.08 Å². The summed E-state index contributed by atoms with van der Waals surface area (Å²) in [6.07, 6.45) is 12.7. The number of rotatable bonds is 11. The van der Waals surface area contributed by atoms with E-state index in [2.05, 4.69) is 39.8 Å². The van der Waals surface area contributed by atoms with Gasteiger partial charge in [-0.15, -0.1) is 0 Å². The molecule has 0 aliphatic carbocycles. The summed E-state index contributed by atoms with van der Waals surface area (Å²) in [7, 11) is 0. The van der Waals surface area contributed by atoms with E-state index in [-0.39, 0.29) is 24.9 Å². The first kappa shape index (κ1) is 20.1. The SMILES string of the molecule is CC(C)=CCC/C(C)=C/CCC1(C)OC1CC/C(=C\CO)CO. The van der Waals surface area contributed by atoms with Gasteiger partial charge in [-0.3, -0.25) is 0 Å². The fraction of sp³-hybridized carbons (Fsp3) is 0.700. The summed E-state index contributed by atoms with van der Waals surface area (Å²) in [6.45, 7) is 8.69. The first-order valence-electron chi connectivity index (χ1n) is 8.77. The summed E-state index contributed by atoms with van der Waals surface area (Å²) in [5, 5.41) is 18.1. The van der Waals surface area contributed by atoms with Crippen LogP contribution in [0.4, 0.5) is 0 Å². The largest absolute Gasteiger partial charge is 0.392 e. The van der Waals surface area contributed by atoms with Crippen molar-refractivity contribution >= 4 is 0 Å². The second kappa shape index (κ2) is 10.1. The predicted octanol–water partition coefficient (Wildman–Crippen LogP) is 4.31. The first-order valence-corrected chi connectivity index (χ1v) is 8.77. The monoisotopic (exact) mass is 322 g/mol. The summed E-state index contributed by atoms with van der Waals surface area (Å²) >= 11 is 0. The molecule has 3 heteroatoms. The third-order valence-electron chi connectivity index (χ3n) is 4.57. The Morgan fingerprint density at radius 3 is 2.39 bits per heavy atom. The predicted molar refractivity (Wildman–Crippen MR) is 96.4 cm³/mol. The molecule has 0 bridgehead atoms. The normalized spacial score (nSPS) is 24.7. The molecule has 0 radical (unpaired) electrons. The van der Waals surface area contributed by atoms with Crippen molar-refractivity contribution in [3.63, 3.8) is 0 Å². The Morgan fingerprint density at radius 2 is 1.78 bits per heavy atom. The number of epoxide rings is 1. The van der Waals surface area contributed by atoms with Gasteiger partial charge in [0.25, 0.3) is 0 Å². The highest BCUT2D eigenvalue weighted by Gasteiger charge is 2.50. The highest BCUT2D eigenvalue weighted by Crippen LogP contribution is 2.43. The lowest BCUT2D eigenvalue weighted by molar-refractivity contribution is 0.292. The molecule has 1 aliphatic rings. The van der Waals surface area contributed by atoms with Gasteiger partial charge in [-0.1, -0.05) is 29.4 Å². The molecule has 0 aromatic heterocycles. The average Bonchev–Trinajstić information content (AvgIpc) is 3.13. The first-order chi connectivity index (χ1) is 10.9. The van der Waals surface area contributed by atoms with E-state index in [9.17, 15) is 5.11 Å². The van der Waals surface area contributed by atoms with Crippen molar-refractivity contribution < 1.29 is 14.9 Å². The smallest absolute Gasteiger partial charge is 0.0923 e. The van der Waals surface area contributed by atoms with Gasteiger partial charge in [0.05, 0.1) is 24.9 Å². The van der Waals surface area contributed by atoms with Crippen LogP contribution < -0.4 is 0 Å². The zero-order chi connectivity index (χ0) is 17.3. The van der Waals surface area contributed by atoms with Gasteiger partial charge >= 0.3 is 0 Å². The quantitative estimate of drug-likeness (QED) is 0.440. The van der Waals surface area contributed by atoms with Crippen molar-refractivity contribution in [3.8, 4) is 0 Å². The van der Waals surface area contributed by atoms with Crippen LogP contribution in [-0.2, 0) is 4.74 Å². The van der Waals surface area contributed by atoms with Crippen molar-refractivity contribution in [1.29, 1.82) is 0 Å². The van der Waals surface area contributed by atoms with Gasteiger partial charge in [0.15, 0.2) is 0 Å². The van der Waals surface area contributed by atoms with E-state index < -0.39 is 0 Å². The Hall–Kier alpha value is -0.900. The Kier molecular flexibility index (Phi) is 8.82. The van der Waals surface area contributed by atoms with E-state index >= 15 is 0 Å². The Morgan fingerprint density at radius 1 is 1.04 bits per heavy atom. The van der Waals surface area contributed by atoms with Crippen molar-refractivity contribution in [3.05, 3.63) is 34.9 Å². The Labute approximate surface area is 141 Å². The molecule has 0 aromatic rings. The number of allylic oxidation sites excluding steroid dienone is 4. The molecule has 2 unspecified atom stereocenters. The van der Waals surface area contributed by atoms with Crippen LogP contribution >= 0.6 is 0 Å². The van der Waals surface area contributed by atoms with Gasteiger partial charge in [0.2, 0.25) is 0 Å². The van der Waals surface area contributed by atoms with E-state index in [0.717, 1.165) is 44.1 Å². The van der Waals surface area contributed by atoms with Crippen LogP contribution in [0, 0.1) is 0 Å². The molecular weight excluding hydrogens is 288 g/mol. The third kappa shape index (κ3) is 7.96. The molecule has 1 aliphatic heterocycles. The molecule has 1 rings (SSSR count). The van der Waals surface area contributed by atoms with Crippen LogP contribution in [-0.4, -0.2) is 35.1 Å². The number of ether oxygens (including phenoxy) is 1. The minimum absolute atomic E-state index is 0.00350. The number of hydrogen-bond acceptors (Lipinski definition) is 3. The Bertz CT molecular complexity index is 444. The molecule has 23 heavy (non-hydrogen) atoms. The van der Waals surface area contributed by atoms with Gasteiger partial charge in [0.1, 0.15) is 0 Å². The fourth-order valence-electron chi connectivity index (χ4n) is 2.86. The van der Waals surface area contributed by atoms with Gasteiger partial charge in [-0.2, -0.15) is 0 Å². The van der Waals surface area contributed by atoms with Crippen molar-refractivity contribution in [1.82, 2.24) is 0 Å². The molecule has 1 heterocycles. The second-order valence-electron chi connectivity index (χ2n) is 7.07. The van der Waals surface area contributed by atoms with Gasteiger partial charge in [-0.25, -0.2) is 0 Å². The maximum Gasteiger partial charge on any atom is 0.0923 e. The summed E-state index contributed by atoms with van der Waals surface area (Å²) in [6, 6.07) is 0. The molecule has 1 fully saturated rings. The van der Waals surface area contributed by atoms with Gasteiger partial charge in [0, 0.05) is 0 Å². The van der Waals surface area contributed by atoms with Gasteiger partial charge < -0.3 is 14.9 Å². The van der Waals surface area contributed by atoms with Crippen LogP contribution in [0.1, 0.15) is 66.2 Å². The summed E-state index contributed by atoms with van der Waals surface area (Å²) in [5.74, 6) is 0. The zero-order valence-corrected chi connectivity index (χ0v) is 15.3. The van der Waals surface area contributed by atoms with Crippen LogP contribution in [0.5, 0.6) is 0 Å². The van der Waals surface area contributed by atoms with Crippen LogP contribution in [0.25, 0.3) is 0 Å². The fourth-order valence-corrected chi connectivity index (χ4v) is 2.86. The highest BCUT2D eigenvalue weighted by molar-refractivity contribution is 5.08. The molecule has 0 spiro atoms. The minimum Gasteiger partial charge on any atom is -0.392 e. The molecule has 2 N–H and O–H groups in total. The minimum atomic E-state index is -0.00446. The standard InChI is InChI=1S/C20H34O3/c1-16(2)7-5-8-17(3)9-6-13-20(4)19(23-20)11-10-18(15-22)12-14-21/h7,9,12,19,21-22H,5-6,8,10-11,13-15H2,1-4H3/b17-9+,18-12+. The lowest BCUT2D eigenvalue weighted by atomic mass is 9.96. The maximum atomic E-state index is 9.20. The molecule has 3 nitrogen and oxygen atoms in total. The molecule has 132 valence electrons. The van der Waals surface area contributed by atoms with Crippen LogP contribution in [0.3, 0.4) is 0 Å². The number of aliphatic hydroxyl groups excluding tert-OH is 2. The molecule has 0 amide bonds. The lowest BCUT2D eigenvalue weighted by Gasteiger charge is -2.06. The van der Waals surface area contributed by atoms with E-state index in [1.165, 1.54) is 11.1 Å². The van der Waals surface area contributed by atoms with E-state index in [0.29, 0.717) is 0 Å². The van der Waals surface area contributed by atoms with Crippen LogP contribution in [0.15, 0.2) is 34.9 Å². The second-order valence-corrected chi connectivity index (χ2v) is 7.07. The highest BCUT2D eigenvalue weighted by atomic mass is 16.6. The third-order valence-corrected chi connectivity index (χ3v) is 4.57. The topological polar surface area (TPSA) is 53.0 Å². The van der Waals surface area contributed by atoms with Gasteiger partial charge in [-0.05, 0) is 71.8 Å². The van der Waals surface area contributed by atoms with E-state index in [4.69, 9.17) is 9.84 Å². The molecule has 0 aromatic carbocycles. The summed E-state index contributed by atoms with van der Waals surface area (Å²) in [5.41, 5.74) is 3.74. The summed E-state index contributed by atoms with van der Waals surface area (Å²) < 4.78 is 5.86. The molecule has 2 atom stereocenters. The molecule has 0 saturated carbocycles. The van der Waals surface area contributed by atoms with Crippen molar-refractivity contribution in [2.24, 2.45) is 0 Å². The molecule has 1 saturated heterocycles. The number of hydrogen-bond donors (Lipinski definition) is 2. The van der Waals surface area contributed by atoms with Crippen molar-refractivity contribution in [2.75, 3.05) is 13.2 Å². The number of aliphatic hydroxyl groups is 2.